The van der Waals surface area contributed by atoms with Crippen molar-refractivity contribution in [2.75, 3.05) is 19.8 Å². The number of cyclic esters (lactones) is 1. The first-order chi connectivity index (χ1) is 11.7. The van der Waals surface area contributed by atoms with Crippen LogP contribution < -0.4 is 4.46 Å². The Kier molecular flexibility index (Phi) is 4.52. The molecule has 0 saturated carbocycles. The Labute approximate surface area is 148 Å². The fourth-order valence-corrected chi connectivity index (χ4v) is 6.29. The van der Waals surface area contributed by atoms with E-state index in [1.807, 2.05) is 6.07 Å². The summed E-state index contributed by atoms with van der Waals surface area (Å²) in [6.45, 7) is 3.99. The van der Waals surface area contributed by atoms with E-state index in [0.29, 0.717) is 30.6 Å². The Morgan fingerprint density at radius 2 is 1.88 bits per heavy atom. The molecule has 2 fully saturated rings. The van der Waals surface area contributed by atoms with Crippen LogP contribution in [0.5, 0.6) is 0 Å². The van der Waals surface area contributed by atoms with Crippen molar-refractivity contribution in [3.05, 3.63) is 42.0 Å². The minimum atomic E-state index is -0.539. The summed E-state index contributed by atoms with van der Waals surface area (Å²) in [6, 6.07) is 10.5. The van der Waals surface area contributed by atoms with Crippen molar-refractivity contribution in [1.29, 1.82) is 0 Å². The molecule has 4 rings (SSSR count). The second-order valence-electron chi connectivity index (χ2n) is 6.81. The molecule has 1 spiro atoms. The predicted octanol–water partition coefficient (Wildman–Crippen LogP) is 2.08. The molecule has 1 aliphatic carbocycles. The Morgan fingerprint density at radius 3 is 2.62 bits per heavy atom. The van der Waals surface area contributed by atoms with Crippen molar-refractivity contribution in [3.63, 3.8) is 0 Å². The van der Waals surface area contributed by atoms with Gasteiger partial charge in [0.2, 0.25) is 0 Å². The molecule has 24 heavy (non-hydrogen) atoms. The molecule has 0 N–H and O–H groups in total. The van der Waals surface area contributed by atoms with Gasteiger partial charge in [0, 0.05) is 0 Å². The van der Waals surface area contributed by atoms with Gasteiger partial charge < -0.3 is 0 Å². The molecular formula is C19H22O4Se. The summed E-state index contributed by atoms with van der Waals surface area (Å²) in [7, 11) is 0. The van der Waals surface area contributed by atoms with E-state index in [1.54, 1.807) is 0 Å². The van der Waals surface area contributed by atoms with Crippen molar-refractivity contribution >= 4 is 25.4 Å². The third kappa shape index (κ3) is 3.18. The van der Waals surface area contributed by atoms with Gasteiger partial charge in [-0.15, -0.1) is 0 Å². The summed E-state index contributed by atoms with van der Waals surface area (Å²) < 4.78 is 18.7. The van der Waals surface area contributed by atoms with Crippen LogP contribution in [0, 0.1) is 11.8 Å². The van der Waals surface area contributed by atoms with Gasteiger partial charge in [-0.3, -0.25) is 0 Å². The zero-order valence-electron chi connectivity index (χ0n) is 13.8. The van der Waals surface area contributed by atoms with E-state index >= 15 is 0 Å². The first kappa shape index (κ1) is 16.3. The summed E-state index contributed by atoms with van der Waals surface area (Å²) in [5.41, 5.74) is 0.836. The number of carbonyl (C=O) groups excluding carboxylic acids is 1. The van der Waals surface area contributed by atoms with E-state index in [0.717, 1.165) is 18.4 Å². The van der Waals surface area contributed by atoms with E-state index in [4.69, 9.17) is 14.2 Å². The summed E-state index contributed by atoms with van der Waals surface area (Å²) in [5, 5.41) is 0. The van der Waals surface area contributed by atoms with Crippen molar-refractivity contribution < 1.29 is 19.0 Å². The number of benzene rings is 1. The molecule has 3 aliphatic rings. The van der Waals surface area contributed by atoms with Gasteiger partial charge in [0.25, 0.3) is 0 Å². The standard InChI is InChI=1S/C19H22O4Se/c1-13-10-19(22-7-8-23-19)11-14-12-21-18(20)16(14)9-17(13)24-15-5-3-2-4-6-15/h2-6,9,13-14,17H,7-8,10-12H2,1H3/b16-9+/t13-,14+,17?/m1/s1. The molecule has 0 aromatic heterocycles. The second kappa shape index (κ2) is 6.64. The molecule has 1 aromatic carbocycles. The van der Waals surface area contributed by atoms with Gasteiger partial charge in [0.15, 0.2) is 0 Å². The van der Waals surface area contributed by atoms with E-state index in [1.165, 1.54) is 4.46 Å². The maximum atomic E-state index is 12.2. The molecule has 4 nitrogen and oxygen atoms in total. The molecule has 0 radical (unpaired) electrons. The number of ether oxygens (including phenoxy) is 3. The number of rotatable bonds is 2. The van der Waals surface area contributed by atoms with E-state index in [-0.39, 0.29) is 26.8 Å². The van der Waals surface area contributed by atoms with Crippen LogP contribution in [0.3, 0.4) is 0 Å². The van der Waals surface area contributed by atoms with Gasteiger partial charge >= 0.3 is 148 Å². The monoisotopic (exact) mass is 394 g/mol. The van der Waals surface area contributed by atoms with Crippen molar-refractivity contribution in [1.82, 2.24) is 0 Å². The normalized spacial score (nSPS) is 34.1. The quantitative estimate of drug-likeness (QED) is 0.570. The Hall–Kier alpha value is -1.13. The first-order valence-electron chi connectivity index (χ1n) is 8.54. The third-order valence-corrected chi connectivity index (χ3v) is 7.99. The summed E-state index contributed by atoms with van der Waals surface area (Å²) >= 11 is 0.262. The van der Waals surface area contributed by atoms with Gasteiger partial charge in [-0.25, -0.2) is 0 Å². The number of hydrogen-bond donors (Lipinski definition) is 0. The zero-order chi connectivity index (χ0) is 16.6. The number of allylic oxidation sites excluding steroid dienone is 1. The topological polar surface area (TPSA) is 44.8 Å². The Balaban J connectivity index is 1.66. The Morgan fingerprint density at radius 1 is 1.12 bits per heavy atom. The first-order valence-corrected chi connectivity index (χ1v) is 10.4. The van der Waals surface area contributed by atoms with Crippen molar-refractivity contribution in [2.24, 2.45) is 11.8 Å². The van der Waals surface area contributed by atoms with Crippen molar-refractivity contribution in [2.45, 2.75) is 30.4 Å². The molecule has 2 heterocycles. The van der Waals surface area contributed by atoms with Crippen LogP contribution in [0.2, 0.25) is 4.82 Å². The summed E-state index contributed by atoms with van der Waals surface area (Å²) in [5.74, 6) is -0.207. The van der Waals surface area contributed by atoms with Crippen LogP contribution in [0.15, 0.2) is 42.0 Å². The van der Waals surface area contributed by atoms with Crippen molar-refractivity contribution in [3.8, 4) is 0 Å². The third-order valence-electron chi connectivity index (χ3n) is 5.02. The number of hydrogen-bond acceptors (Lipinski definition) is 4. The zero-order valence-corrected chi connectivity index (χ0v) is 15.5. The number of esters is 1. The molecular weight excluding hydrogens is 371 g/mol. The summed E-state index contributed by atoms with van der Waals surface area (Å²) in [6.07, 6.45) is 3.79. The fraction of sp³-hybridized carbons (Fsp3) is 0.526. The van der Waals surface area contributed by atoms with Gasteiger partial charge in [-0.05, 0) is 0 Å². The number of fused-ring (bicyclic) bond motifs is 1. The van der Waals surface area contributed by atoms with Crippen LogP contribution in [0.1, 0.15) is 19.8 Å². The molecule has 1 aromatic rings. The van der Waals surface area contributed by atoms with E-state index in [9.17, 15) is 4.79 Å². The molecule has 5 heteroatoms. The van der Waals surface area contributed by atoms with Gasteiger partial charge in [0.05, 0.1) is 0 Å². The molecule has 2 aliphatic heterocycles. The van der Waals surface area contributed by atoms with Crippen LogP contribution in [0.25, 0.3) is 0 Å². The Bertz CT molecular complexity index is 636. The molecule has 2 saturated heterocycles. The van der Waals surface area contributed by atoms with Gasteiger partial charge in [-0.1, -0.05) is 0 Å². The van der Waals surface area contributed by atoms with E-state index < -0.39 is 5.79 Å². The number of carbonyl (C=O) groups is 1. The van der Waals surface area contributed by atoms with Crippen LogP contribution >= 0.6 is 0 Å². The molecule has 0 amide bonds. The fourth-order valence-electron chi connectivity index (χ4n) is 3.83. The minimum absolute atomic E-state index is 0.0946. The molecule has 1 unspecified atom stereocenters. The predicted molar refractivity (Wildman–Crippen MR) is 91.1 cm³/mol. The van der Waals surface area contributed by atoms with Crippen LogP contribution in [0.4, 0.5) is 0 Å². The molecule has 3 atom stereocenters. The van der Waals surface area contributed by atoms with Crippen LogP contribution in [-0.2, 0) is 19.0 Å². The SMILES string of the molecule is C[C@@H]1CC2(C[C@H]3COC(=O)/C3=C/C1[Se]c1ccccc1)OCCO2. The van der Waals surface area contributed by atoms with Gasteiger partial charge in [-0.2, -0.15) is 0 Å². The average Bonchev–Trinajstić information content (AvgIpc) is 3.16. The summed E-state index contributed by atoms with van der Waals surface area (Å²) in [4.78, 5) is 12.6. The second-order valence-corrected chi connectivity index (χ2v) is 9.43. The molecule has 0 bridgehead atoms. The average molecular weight is 393 g/mol. The van der Waals surface area contributed by atoms with Crippen LogP contribution in [-0.4, -0.2) is 46.5 Å². The van der Waals surface area contributed by atoms with E-state index in [2.05, 4.69) is 37.3 Å². The molecule has 128 valence electrons. The van der Waals surface area contributed by atoms with Gasteiger partial charge in [0.1, 0.15) is 0 Å². The maximum absolute atomic E-state index is 12.2.